The van der Waals surface area contributed by atoms with Crippen molar-refractivity contribution in [2.24, 2.45) is 0 Å². The third kappa shape index (κ3) is 6.43. The highest BCUT2D eigenvalue weighted by Gasteiger charge is 2.09. The average molecular weight is 425 g/mol. The average Bonchev–Trinajstić information content (AvgIpc) is 2.78. The number of hydrogen-bond donors (Lipinski definition) is 2. The van der Waals surface area contributed by atoms with Crippen LogP contribution >= 0.6 is 0 Å². The molecular weight excluding hydrogens is 400 g/mol. The van der Waals surface area contributed by atoms with Crippen LogP contribution < -0.4 is 14.8 Å². The van der Waals surface area contributed by atoms with Gasteiger partial charge in [-0.25, -0.2) is 13.1 Å². The number of sulfonamides is 1. The summed E-state index contributed by atoms with van der Waals surface area (Å²) in [6.45, 7) is 0.822. The molecule has 1 amide bonds. The van der Waals surface area contributed by atoms with Gasteiger partial charge in [-0.2, -0.15) is 0 Å². The zero-order valence-electron chi connectivity index (χ0n) is 16.7. The monoisotopic (exact) mass is 424 g/mol. The lowest BCUT2D eigenvalue weighted by atomic mass is 10.1. The van der Waals surface area contributed by atoms with Gasteiger partial charge >= 0.3 is 0 Å². The summed E-state index contributed by atoms with van der Waals surface area (Å²) in [5.41, 5.74) is 3.19. The lowest BCUT2D eigenvalue weighted by molar-refractivity contribution is 0.0951. The quantitative estimate of drug-likeness (QED) is 0.552. The second-order valence-corrected chi connectivity index (χ2v) is 8.69. The topological polar surface area (TPSA) is 84.5 Å². The summed E-state index contributed by atoms with van der Waals surface area (Å²) in [5.74, 6) is 0.434. The molecule has 3 rings (SSSR count). The minimum atomic E-state index is -3.30. The molecule has 2 N–H and O–H groups in total. The van der Waals surface area contributed by atoms with Gasteiger partial charge in [0.25, 0.3) is 5.91 Å². The van der Waals surface area contributed by atoms with Crippen LogP contribution in [-0.2, 0) is 28.9 Å². The van der Waals surface area contributed by atoms with Crippen LogP contribution in [0.5, 0.6) is 5.75 Å². The van der Waals surface area contributed by atoms with Crippen molar-refractivity contribution in [2.75, 3.05) is 7.05 Å². The second kappa shape index (κ2) is 10.0. The lowest BCUT2D eigenvalue weighted by Gasteiger charge is -2.09. The maximum Gasteiger partial charge on any atom is 0.251 e. The molecule has 3 aromatic rings. The first-order valence-corrected chi connectivity index (χ1v) is 11.1. The van der Waals surface area contributed by atoms with Gasteiger partial charge in [-0.05, 0) is 48.0 Å². The van der Waals surface area contributed by atoms with Gasteiger partial charge < -0.3 is 10.1 Å². The fourth-order valence-corrected chi connectivity index (χ4v) is 3.55. The van der Waals surface area contributed by atoms with Crippen molar-refractivity contribution >= 4 is 15.9 Å². The van der Waals surface area contributed by atoms with E-state index in [0.29, 0.717) is 30.0 Å². The predicted octanol–water partition coefficient (Wildman–Crippen LogP) is 3.24. The van der Waals surface area contributed by atoms with Crippen LogP contribution in [0.4, 0.5) is 0 Å². The zero-order valence-corrected chi connectivity index (χ0v) is 17.5. The van der Waals surface area contributed by atoms with E-state index < -0.39 is 10.0 Å². The Labute approximate surface area is 177 Å². The Morgan fingerprint density at radius 3 is 2.10 bits per heavy atom. The highest BCUT2D eigenvalue weighted by atomic mass is 32.2. The van der Waals surface area contributed by atoms with Crippen LogP contribution in [0.2, 0.25) is 0 Å². The molecule has 0 aliphatic carbocycles. The lowest BCUT2D eigenvalue weighted by Crippen LogP contribution is -2.23. The van der Waals surface area contributed by atoms with E-state index in [1.54, 1.807) is 48.5 Å². The molecular formula is C23H24N2O4S. The molecule has 0 heterocycles. The molecule has 0 atom stereocenters. The Hall–Kier alpha value is -3.16. The largest absolute Gasteiger partial charge is 0.489 e. The molecule has 0 aromatic heterocycles. The minimum absolute atomic E-state index is 0.0746. The summed E-state index contributed by atoms with van der Waals surface area (Å²) in [6, 6.07) is 24.0. The first-order chi connectivity index (χ1) is 14.4. The van der Waals surface area contributed by atoms with Crippen LogP contribution in [0.1, 0.15) is 27.0 Å². The molecule has 0 bridgehead atoms. The van der Waals surface area contributed by atoms with E-state index in [2.05, 4.69) is 10.0 Å². The zero-order chi connectivity index (χ0) is 21.4. The van der Waals surface area contributed by atoms with Gasteiger partial charge in [0.15, 0.2) is 0 Å². The van der Waals surface area contributed by atoms with Gasteiger partial charge in [-0.1, -0.05) is 54.6 Å². The fraction of sp³-hybridized carbons (Fsp3) is 0.174. The molecule has 3 aromatic carbocycles. The number of ether oxygens (including phenoxy) is 1. The van der Waals surface area contributed by atoms with Crippen molar-refractivity contribution in [1.29, 1.82) is 0 Å². The van der Waals surface area contributed by atoms with Gasteiger partial charge in [-0.3, -0.25) is 4.79 Å². The fourth-order valence-electron chi connectivity index (χ4n) is 2.77. The van der Waals surface area contributed by atoms with E-state index in [0.717, 1.165) is 11.1 Å². The molecule has 0 saturated carbocycles. The molecule has 0 aliphatic heterocycles. The minimum Gasteiger partial charge on any atom is -0.489 e. The number of carbonyl (C=O) groups is 1. The molecule has 7 heteroatoms. The molecule has 0 unspecified atom stereocenters. The number of amides is 1. The van der Waals surface area contributed by atoms with Crippen LogP contribution in [0.25, 0.3) is 0 Å². The van der Waals surface area contributed by atoms with Gasteiger partial charge in [0.05, 0.1) is 5.75 Å². The molecule has 0 spiro atoms. The van der Waals surface area contributed by atoms with Crippen LogP contribution in [0.3, 0.4) is 0 Å². The summed E-state index contributed by atoms with van der Waals surface area (Å²) in [5, 5.41) is 2.86. The second-order valence-electron chi connectivity index (χ2n) is 6.76. The van der Waals surface area contributed by atoms with Crippen molar-refractivity contribution in [2.45, 2.75) is 18.9 Å². The van der Waals surface area contributed by atoms with E-state index in [1.807, 2.05) is 30.3 Å². The number of nitrogens with one attached hydrogen (secondary N) is 2. The van der Waals surface area contributed by atoms with Gasteiger partial charge in [0, 0.05) is 12.1 Å². The van der Waals surface area contributed by atoms with E-state index in [1.165, 1.54) is 7.05 Å². The van der Waals surface area contributed by atoms with Gasteiger partial charge in [0.1, 0.15) is 12.4 Å². The smallest absolute Gasteiger partial charge is 0.251 e. The molecule has 0 saturated heterocycles. The molecule has 0 fully saturated rings. The number of benzene rings is 3. The first kappa shape index (κ1) is 21.5. The van der Waals surface area contributed by atoms with Crippen LogP contribution in [0, 0.1) is 0 Å². The third-order valence-electron chi connectivity index (χ3n) is 4.51. The highest BCUT2D eigenvalue weighted by molar-refractivity contribution is 7.88. The van der Waals surface area contributed by atoms with Crippen molar-refractivity contribution in [1.82, 2.24) is 10.0 Å². The Balaban J connectivity index is 1.50. The summed E-state index contributed by atoms with van der Waals surface area (Å²) >= 11 is 0. The van der Waals surface area contributed by atoms with Crippen molar-refractivity contribution in [3.63, 3.8) is 0 Å². The molecule has 30 heavy (non-hydrogen) atoms. The van der Waals surface area contributed by atoms with Gasteiger partial charge in [0.2, 0.25) is 10.0 Å². The molecule has 156 valence electrons. The predicted molar refractivity (Wildman–Crippen MR) is 117 cm³/mol. The Morgan fingerprint density at radius 1 is 0.833 bits per heavy atom. The summed E-state index contributed by atoms with van der Waals surface area (Å²) in [4.78, 5) is 12.4. The maximum atomic E-state index is 12.4. The highest BCUT2D eigenvalue weighted by Crippen LogP contribution is 2.15. The third-order valence-corrected chi connectivity index (χ3v) is 5.84. The number of carbonyl (C=O) groups excluding carboxylic acids is 1. The number of rotatable bonds is 9. The Kier molecular flexibility index (Phi) is 7.21. The van der Waals surface area contributed by atoms with E-state index in [9.17, 15) is 13.2 Å². The first-order valence-electron chi connectivity index (χ1n) is 9.49. The maximum absolute atomic E-state index is 12.4. The molecule has 6 nitrogen and oxygen atoms in total. The standard InChI is InChI=1S/C23H24N2O4S/c1-24-30(27,28)17-20-9-7-18(8-10-20)15-25-23(26)21-11-13-22(14-12-21)29-16-19-5-3-2-4-6-19/h2-14,24H,15-17H2,1H3,(H,25,26). The number of hydrogen-bond acceptors (Lipinski definition) is 4. The van der Waals surface area contributed by atoms with E-state index in [4.69, 9.17) is 4.74 Å². The molecule has 0 radical (unpaired) electrons. The van der Waals surface area contributed by atoms with Gasteiger partial charge in [-0.15, -0.1) is 0 Å². The van der Waals surface area contributed by atoms with Crippen molar-refractivity contribution in [3.8, 4) is 5.75 Å². The Bertz CT molecular complexity index is 1060. The normalized spacial score (nSPS) is 11.1. The van der Waals surface area contributed by atoms with E-state index >= 15 is 0 Å². The van der Waals surface area contributed by atoms with Crippen LogP contribution in [0.15, 0.2) is 78.9 Å². The Morgan fingerprint density at radius 2 is 1.47 bits per heavy atom. The summed E-state index contributed by atoms with van der Waals surface area (Å²) in [6.07, 6.45) is 0. The SMILES string of the molecule is CNS(=O)(=O)Cc1ccc(CNC(=O)c2ccc(OCc3ccccc3)cc2)cc1. The summed E-state index contributed by atoms with van der Waals surface area (Å²) in [7, 11) is -1.91. The van der Waals surface area contributed by atoms with Crippen molar-refractivity contribution < 1.29 is 17.9 Å². The van der Waals surface area contributed by atoms with E-state index in [-0.39, 0.29) is 11.7 Å². The van der Waals surface area contributed by atoms with Crippen molar-refractivity contribution in [3.05, 3.63) is 101 Å². The molecule has 0 aliphatic rings. The summed E-state index contributed by atoms with van der Waals surface area (Å²) < 4.78 is 31.2. The van der Waals surface area contributed by atoms with Crippen LogP contribution in [-0.4, -0.2) is 21.4 Å².